The lowest BCUT2D eigenvalue weighted by Crippen LogP contribution is -1.90. The van der Waals surface area contributed by atoms with Crippen LogP contribution in [0, 0.1) is 0 Å². The molecule has 0 N–H and O–H groups in total. The summed E-state index contributed by atoms with van der Waals surface area (Å²) in [6.07, 6.45) is 0. The summed E-state index contributed by atoms with van der Waals surface area (Å²) in [7, 11) is 0. The molecule has 5 heteroatoms. The topological polar surface area (TPSA) is 42.0 Å². The maximum absolute atomic E-state index is 11.0. The van der Waals surface area contributed by atoms with Crippen molar-refractivity contribution in [3.8, 4) is 17.4 Å². The molecule has 0 aliphatic heterocycles. The SMILES string of the molecule is [O]c1ccc(Oc2nc3ccc(Cl)cc3cc2Cl)cc1. The molecule has 3 aromatic rings. The Hall–Kier alpha value is -1.97. The lowest BCUT2D eigenvalue weighted by molar-refractivity contribution is 0.353. The van der Waals surface area contributed by atoms with Crippen LogP contribution in [0.3, 0.4) is 0 Å². The Morgan fingerprint density at radius 1 is 0.950 bits per heavy atom. The van der Waals surface area contributed by atoms with Crippen molar-refractivity contribution >= 4 is 34.1 Å². The van der Waals surface area contributed by atoms with E-state index in [1.807, 2.05) is 0 Å². The van der Waals surface area contributed by atoms with Gasteiger partial charge in [-0.15, -0.1) is 0 Å². The number of halogens is 2. The van der Waals surface area contributed by atoms with Gasteiger partial charge in [0, 0.05) is 10.4 Å². The van der Waals surface area contributed by atoms with Crippen LogP contribution in [0.15, 0.2) is 48.5 Å². The van der Waals surface area contributed by atoms with Crippen LogP contribution in [0.25, 0.3) is 10.9 Å². The van der Waals surface area contributed by atoms with Gasteiger partial charge in [-0.05, 0) is 48.5 Å². The van der Waals surface area contributed by atoms with E-state index in [9.17, 15) is 5.11 Å². The Morgan fingerprint density at radius 3 is 2.45 bits per heavy atom. The molecule has 20 heavy (non-hydrogen) atoms. The molecule has 0 aliphatic carbocycles. The number of ether oxygens (including phenoxy) is 1. The summed E-state index contributed by atoms with van der Waals surface area (Å²) in [5, 5.41) is 12.9. The van der Waals surface area contributed by atoms with E-state index in [-0.39, 0.29) is 5.75 Å². The molecule has 3 rings (SSSR count). The van der Waals surface area contributed by atoms with E-state index in [0.717, 1.165) is 10.9 Å². The number of rotatable bonds is 2. The molecule has 3 nitrogen and oxygen atoms in total. The van der Waals surface area contributed by atoms with E-state index < -0.39 is 0 Å². The van der Waals surface area contributed by atoms with Crippen molar-refractivity contribution < 1.29 is 9.84 Å². The zero-order valence-electron chi connectivity index (χ0n) is 10.1. The number of hydrogen-bond acceptors (Lipinski definition) is 2. The molecule has 0 atom stereocenters. The van der Waals surface area contributed by atoms with Crippen molar-refractivity contribution in [1.82, 2.24) is 4.98 Å². The molecule has 0 unspecified atom stereocenters. The van der Waals surface area contributed by atoms with Gasteiger partial charge in [0.05, 0.1) is 5.52 Å². The zero-order chi connectivity index (χ0) is 14.1. The van der Waals surface area contributed by atoms with Gasteiger partial charge in [-0.3, -0.25) is 5.11 Å². The fourth-order valence-corrected chi connectivity index (χ4v) is 2.17. The monoisotopic (exact) mass is 304 g/mol. The van der Waals surface area contributed by atoms with Crippen LogP contribution in [0.5, 0.6) is 17.4 Å². The van der Waals surface area contributed by atoms with Gasteiger partial charge >= 0.3 is 0 Å². The van der Waals surface area contributed by atoms with Gasteiger partial charge in [-0.25, -0.2) is 4.98 Å². The van der Waals surface area contributed by atoms with E-state index in [4.69, 9.17) is 27.9 Å². The fourth-order valence-electron chi connectivity index (χ4n) is 1.79. The van der Waals surface area contributed by atoms with Crippen molar-refractivity contribution in [3.05, 3.63) is 58.6 Å². The van der Waals surface area contributed by atoms with Gasteiger partial charge in [-0.2, -0.15) is 0 Å². The van der Waals surface area contributed by atoms with E-state index in [0.29, 0.717) is 21.7 Å². The molecule has 2 aromatic carbocycles. The Morgan fingerprint density at radius 2 is 1.70 bits per heavy atom. The number of fused-ring (bicyclic) bond motifs is 1. The second-order valence-electron chi connectivity index (χ2n) is 4.19. The first-order valence-electron chi connectivity index (χ1n) is 5.82. The summed E-state index contributed by atoms with van der Waals surface area (Å²) in [5.41, 5.74) is 0.731. The van der Waals surface area contributed by atoms with Gasteiger partial charge in [-0.1, -0.05) is 23.2 Å². The summed E-state index contributed by atoms with van der Waals surface area (Å²) < 4.78 is 5.59. The predicted octanol–water partition coefficient (Wildman–Crippen LogP) is 5.48. The second kappa shape index (κ2) is 5.19. The molecule has 1 aromatic heterocycles. The van der Waals surface area contributed by atoms with Crippen LogP contribution in [0.1, 0.15) is 0 Å². The third-order valence-electron chi connectivity index (χ3n) is 2.74. The van der Waals surface area contributed by atoms with Crippen LogP contribution in [-0.4, -0.2) is 4.98 Å². The molecule has 0 saturated heterocycles. The summed E-state index contributed by atoms with van der Waals surface area (Å²) in [6.45, 7) is 0. The van der Waals surface area contributed by atoms with Crippen molar-refractivity contribution in [1.29, 1.82) is 0 Å². The molecule has 0 spiro atoms. The Balaban J connectivity index is 2.01. The first-order valence-corrected chi connectivity index (χ1v) is 6.58. The van der Waals surface area contributed by atoms with E-state index in [2.05, 4.69) is 4.98 Å². The molecule has 0 fully saturated rings. The van der Waals surface area contributed by atoms with Gasteiger partial charge < -0.3 is 4.74 Å². The van der Waals surface area contributed by atoms with Crippen molar-refractivity contribution in [2.75, 3.05) is 0 Å². The number of benzene rings is 2. The molecular formula is C15H8Cl2NO2. The third kappa shape index (κ3) is 2.64. The summed E-state index contributed by atoms with van der Waals surface area (Å²) in [6, 6.07) is 13.1. The minimum absolute atomic E-state index is 0.0791. The highest BCUT2D eigenvalue weighted by Gasteiger charge is 2.08. The quantitative estimate of drug-likeness (QED) is 0.629. The average molecular weight is 305 g/mol. The molecule has 99 valence electrons. The minimum atomic E-state index is -0.0791. The lowest BCUT2D eigenvalue weighted by Gasteiger charge is -2.08. The van der Waals surface area contributed by atoms with Crippen LogP contribution in [0.4, 0.5) is 0 Å². The third-order valence-corrected chi connectivity index (χ3v) is 3.24. The first-order chi connectivity index (χ1) is 9.61. The second-order valence-corrected chi connectivity index (χ2v) is 5.03. The lowest BCUT2D eigenvalue weighted by atomic mass is 10.2. The van der Waals surface area contributed by atoms with Gasteiger partial charge in [0.2, 0.25) is 5.88 Å². The predicted molar refractivity (Wildman–Crippen MR) is 78.4 cm³/mol. The zero-order valence-corrected chi connectivity index (χ0v) is 11.7. The van der Waals surface area contributed by atoms with E-state index >= 15 is 0 Å². The highest BCUT2D eigenvalue weighted by molar-refractivity contribution is 6.33. The van der Waals surface area contributed by atoms with Crippen molar-refractivity contribution in [3.63, 3.8) is 0 Å². The van der Waals surface area contributed by atoms with Gasteiger partial charge in [0.1, 0.15) is 10.8 Å². The molecular weight excluding hydrogens is 297 g/mol. The van der Waals surface area contributed by atoms with Crippen LogP contribution in [0.2, 0.25) is 10.0 Å². The van der Waals surface area contributed by atoms with Crippen LogP contribution in [-0.2, 0) is 5.11 Å². The fraction of sp³-hybridized carbons (Fsp3) is 0. The smallest absolute Gasteiger partial charge is 0.238 e. The molecule has 0 amide bonds. The van der Waals surface area contributed by atoms with Crippen molar-refractivity contribution in [2.45, 2.75) is 0 Å². The normalized spacial score (nSPS) is 10.7. The summed E-state index contributed by atoms with van der Waals surface area (Å²) in [5.74, 6) is 0.719. The largest absolute Gasteiger partial charge is 0.438 e. The highest BCUT2D eigenvalue weighted by atomic mass is 35.5. The molecule has 0 aliphatic rings. The maximum atomic E-state index is 11.0. The van der Waals surface area contributed by atoms with Crippen LogP contribution < -0.4 is 4.74 Å². The van der Waals surface area contributed by atoms with Crippen LogP contribution >= 0.6 is 23.2 Å². The Bertz CT molecular complexity index is 773. The Kier molecular flexibility index (Phi) is 3.38. The minimum Gasteiger partial charge on any atom is -0.438 e. The molecule has 1 radical (unpaired) electrons. The first kappa shape index (κ1) is 13.0. The summed E-state index contributed by atoms with van der Waals surface area (Å²) >= 11 is 12.1. The van der Waals surface area contributed by atoms with Gasteiger partial charge in [0.15, 0.2) is 5.75 Å². The molecule has 0 saturated carbocycles. The highest BCUT2D eigenvalue weighted by Crippen LogP contribution is 2.31. The molecule has 1 heterocycles. The Labute approximate surface area is 125 Å². The van der Waals surface area contributed by atoms with E-state index in [1.54, 1.807) is 36.4 Å². The van der Waals surface area contributed by atoms with Gasteiger partial charge in [0.25, 0.3) is 0 Å². The number of hydrogen-bond donors (Lipinski definition) is 0. The number of pyridine rings is 1. The standard InChI is InChI=1S/C15H8Cl2NO2/c16-10-1-6-14-9(7-10)8-13(17)15(18-14)20-12-4-2-11(19)3-5-12/h1-8H. The van der Waals surface area contributed by atoms with E-state index in [1.165, 1.54) is 12.1 Å². The number of nitrogens with zero attached hydrogens (tertiary/aromatic N) is 1. The molecule has 0 bridgehead atoms. The summed E-state index contributed by atoms with van der Waals surface area (Å²) in [4.78, 5) is 4.34. The van der Waals surface area contributed by atoms with Crippen molar-refractivity contribution in [2.24, 2.45) is 0 Å². The number of aromatic nitrogens is 1. The maximum Gasteiger partial charge on any atom is 0.238 e. The average Bonchev–Trinajstić information content (AvgIpc) is 2.42.